The molecule has 16 heteroatoms. The van der Waals surface area contributed by atoms with Crippen LogP contribution in [0.3, 0.4) is 0 Å². The Morgan fingerprint density at radius 3 is 2.15 bits per heavy atom. The Balaban J connectivity index is 2.06. The number of nitrogens with zero attached hydrogens (tertiary/aromatic N) is 2. The van der Waals surface area contributed by atoms with E-state index in [2.05, 4.69) is 9.73 Å². The maximum Gasteiger partial charge on any atom is 0.416 e. The summed E-state index contributed by atoms with van der Waals surface area (Å²) in [4.78, 5) is 27.0. The Morgan fingerprint density at radius 1 is 1.06 bits per heavy atom. The van der Waals surface area contributed by atoms with Crippen LogP contribution in [0.25, 0.3) is 0 Å². The molecule has 0 aliphatic carbocycles. The summed E-state index contributed by atoms with van der Waals surface area (Å²) >= 11 is 0.723. The average molecular weight is 520 g/mol. The van der Waals surface area contributed by atoms with Crippen LogP contribution in [0.2, 0.25) is 0 Å². The minimum Gasteiger partial charge on any atom is -0.480 e. The van der Waals surface area contributed by atoms with Gasteiger partial charge in [0.15, 0.2) is 15.0 Å². The molecule has 1 aromatic carbocycles. The number of rotatable bonds is 5. The number of amides is 1. The van der Waals surface area contributed by atoms with Gasteiger partial charge in [-0.25, -0.2) is 13.2 Å². The quantitative estimate of drug-likeness (QED) is 0.590. The third-order valence-electron chi connectivity index (χ3n) is 4.59. The molecule has 0 radical (unpaired) electrons. The summed E-state index contributed by atoms with van der Waals surface area (Å²) in [5.74, 6) is -3.40. The molecule has 0 saturated carbocycles. The van der Waals surface area contributed by atoms with Gasteiger partial charge in [-0.15, -0.1) is 0 Å². The van der Waals surface area contributed by atoms with E-state index in [0.717, 1.165) is 16.7 Å². The van der Waals surface area contributed by atoms with Crippen LogP contribution >= 0.6 is 11.8 Å². The van der Waals surface area contributed by atoms with Gasteiger partial charge in [0.25, 0.3) is 5.91 Å². The molecule has 2 atom stereocenters. The molecule has 182 valence electrons. The van der Waals surface area contributed by atoms with Crippen LogP contribution in [0, 0.1) is 0 Å². The van der Waals surface area contributed by atoms with Gasteiger partial charge < -0.3 is 14.7 Å². The molecular formula is C17H14F6N2O6S2. The molecular weight excluding hydrogens is 506 g/mol. The predicted octanol–water partition coefficient (Wildman–Crippen LogP) is 2.43. The van der Waals surface area contributed by atoms with E-state index in [4.69, 9.17) is 5.11 Å². The van der Waals surface area contributed by atoms with E-state index in [1.165, 1.54) is 0 Å². The van der Waals surface area contributed by atoms with Crippen molar-refractivity contribution < 1.29 is 54.2 Å². The third-order valence-corrected chi connectivity index (χ3v) is 7.80. The fourth-order valence-electron chi connectivity index (χ4n) is 3.31. The highest BCUT2D eigenvalue weighted by Gasteiger charge is 2.50. The molecule has 0 unspecified atom stereocenters. The van der Waals surface area contributed by atoms with E-state index in [-0.39, 0.29) is 11.2 Å². The van der Waals surface area contributed by atoms with Crippen LogP contribution < -0.4 is 4.90 Å². The second kappa shape index (κ2) is 8.79. The number of fused-ring (bicyclic) bond motifs is 1. The number of sulfone groups is 1. The summed E-state index contributed by atoms with van der Waals surface area (Å²) in [6, 6.07) is -0.290. The van der Waals surface area contributed by atoms with Crippen molar-refractivity contribution in [3.05, 3.63) is 29.3 Å². The van der Waals surface area contributed by atoms with Crippen molar-refractivity contribution in [2.45, 2.75) is 23.6 Å². The molecule has 0 spiro atoms. The van der Waals surface area contributed by atoms with E-state index < -0.39 is 86.9 Å². The number of amidine groups is 1. The molecule has 2 aliphatic heterocycles. The van der Waals surface area contributed by atoms with Crippen LogP contribution in [-0.2, 0) is 36.5 Å². The lowest BCUT2D eigenvalue weighted by Gasteiger charge is -2.26. The Hall–Kier alpha value is -2.33. The van der Waals surface area contributed by atoms with Gasteiger partial charge in [0, 0.05) is 10.9 Å². The van der Waals surface area contributed by atoms with Gasteiger partial charge in [-0.2, -0.15) is 31.3 Å². The van der Waals surface area contributed by atoms with Gasteiger partial charge in [0.1, 0.15) is 13.2 Å². The Labute approximate surface area is 186 Å². The second-order valence-electron chi connectivity index (χ2n) is 7.11. The van der Waals surface area contributed by atoms with E-state index in [1.807, 2.05) is 0 Å². The van der Waals surface area contributed by atoms with Crippen molar-refractivity contribution in [3.63, 3.8) is 0 Å². The zero-order valence-corrected chi connectivity index (χ0v) is 17.8. The number of anilines is 1. The molecule has 1 N–H and O–H groups in total. The number of aliphatic carboxylic acids is 1. The Kier molecular flexibility index (Phi) is 6.74. The van der Waals surface area contributed by atoms with Crippen LogP contribution in [-0.4, -0.2) is 66.6 Å². The van der Waals surface area contributed by atoms with E-state index in [0.29, 0.717) is 12.1 Å². The molecule has 2 heterocycles. The molecule has 2 aliphatic rings. The van der Waals surface area contributed by atoms with Crippen molar-refractivity contribution in [2.75, 3.05) is 29.6 Å². The largest absolute Gasteiger partial charge is 0.480 e. The van der Waals surface area contributed by atoms with Crippen LogP contribution in [0.4, 0.5) is 32.0 Å². The number of carbonyl (C=O) groups excluding carboxylic acids is 1. The number of carbonyl (C=O) groups is 2. The van der Waals surface area contributed by atoms with Gasteiger partial charge in [-0.1, -0.05) is 11.8 Å². The number of ether oxygens (including phenoxy) is 1. The summed E-state index contributed by atoms with van der Waals surface area (Å²) in [6.07, 6.45) is -10.3. The summed E-state index contributed by atoms with van der Waals surface area (Å²) in [5, 5.41) is 7.42. The topological polar surface area (TPSA) is 113 Å². The summed E-state index contributed by atoms with van der Waals surface area (Å²) in [7, 11) is -3.64. The first-order valence-corrected chi connectivity index (χ1v) is 11.6. The predicted molar refractivity (Wildman–Crippen MR) is 104 cm³/mol. The molecule has 1 aromatic rings. The number of halogens is 6. The zero-order valence-electron chi connectivity index (χ0n) is 16.2. The third kappa shape index (κ3) is 5.97. The van der Waals surface area contributed by atoms with Gasteiger partial charge in [-0.05, 0) is 18.2 Å². The van der Waals surface area contributed by atoms with Gasteiger partial charge >= 0.3 is 18.3 Å². The molecule has 8 nitrogen and oxygen atoms in total. The van der Waals surface area contributed by atoms with Crippen molar-refractivity contribution >= 4 is 44.3 Å². The first kappa shape index (κ1) is 25.3. The lowest BCUT2D eigenvalue weighted by Crippen LogP contribution is -2.38. The van der Waals surface area contributed by atoms with E-state index in [9.17, 15) is 44.3 Å². The van der Waals surface area contributed by atoms with E-state index >= 15 is 0 Å². The maximum atomic E-state index is 13.3. The number of hydrogen-bond acceptors (Lipinski definition) is 6. The van der Waals surface area contributed by atoms with Gasteiger partial charge in [0.2, 0.25) is 0 Å². The number of thioether (sulfide) groups is 1. The highest BCUT2D eigenvalue weighted by atomic mass is 32.2. The zero-order chi connectivity index (χ0) is 24.8. The second-order valence-corrected chi connectivity index (χ2v) is 10.5. The SMILES string of the molecule is O=C(O)COCC(=O)N=C1S[C@H]2CS(=O)(=O)C[C@@H]2N1c1cc(C(F)(F)F)cc(C(F)(F)F)c1. The fraction of sp³-hybridized carbons (Fsp3) is 0.471. The van der Waals surface area contributed by atoms with Gasteiger partial charge in [0.05, 0.1) is 28.7 Å². The standard InChI is InChI=1S/C17H14F6N2O6S2/c18-16(19,20)8-1-9(17(21,22)23)3-10(2-8)25-11-6-33(29,30)7-12(11)32-15(25)24-13(26)4-31-5-14(27)28/h1-3,11-12H,4-7H2,(H,27,28)/t11-,12-/m0/s1. The van der Waals surface area contributed by atoms with Crippen LogP contribution in [0.15, 0.2) is 23.2 Å². The van der Waals surface area contributed by atoms with Crippen LogP contribution in [0.1, 0.15) is 11.1 Å². The average Bonchev–Trinajstić information content (AvgIpc) is 3.10. The highest BCUT2D eigenvalue weighted by Crippen LogP contribution is 2.44. The number of aliphatic imine (C=N–C) groups is 1. The molecule has 3 rings (SSSR count). The number of hydrogen-bond donors (Lipinski definition) is 1. The normalized spacial score (nSPS) is 23.7. The lowest BCUT2D eigenvalue weighted by molar-refractivity contribution is -0.144. The Morgan fingerprint density at radius 2 is 1.64 bits per heavy atom. The van der Waals surface area contributed by atoms with E-state index in [1.54, 1.807) is 0 Å². The molecule has 0 bridgehead atoms. The monoisotopic (exact) mass is 520 g/mol. The maximum absolute atomic E-state index is 13.3. The summed E-state index contributed by atoms with van der Waals surface area (Å²) in [5.41, 5.74) is -3.86. The Bertz CT molecular complexity index is 1070. The smallest absolute Gasteiger partial charge is 0.416 e. The molecule has 2 saturated heterocycles. The van der Waals surface area contributed by atoms with Crippen molar-refractivity contribution in [2.24, 2.45) is 4.99 Å². The number of carboxylic acid groups (broad SMARTS) is 1. The summed E-state index contributed by atoms with van der Waals surface area (Å²) in [6.45, 7) is -1.65. The fourth-order valence-corrected chi connectivity index (χ4v) is 7.24. The molecule has 1 amide bonds. The van der Waals surface area contributed by atoms with Gasteiger partial charge in [-0.3, -0.25) is 4.79 Å². The summed E-state index contributed by atoms with van der Waals surface area (Å²) < 4.78 is 108. The minimum absolute atomic E-state index is 0.0721. The van der Waals surface area contributed by atoms with Crippen LogP contribution in [0.5, 0.6) is 0 Å². The minimum atomic E-state index is -5.14. The molecule has 0 aromatic heterocycles. The molecule has 2 fully saturated rings. The van der Waals surface area contributed by atoms with Crippen molar-refractivity contribution in [3.8, 4) is 0 Å². The van der Waals surface area contributed by atoms with Crippen molar-refractivity contribution in [1.29, 1.82) is 0 Å². The molecule has 33 heavy (non-hydrogen) atoms. The number of carboxylic acids is 1. The van der Waals surface area contributed by atoms with Crippen molar-refractivity contribution in [1.82, 2.24) is 0 Å². The first-order valence-electron chi connectivity index (χ1n) is 8.94. The number of benzene rings is 1. The first-order chi connectivity index (χ1) is 15.1. The highest BCUT2D eigenvalue weighted by molar-refractivity contribution is 8.16. The lowest BCUT2D eigenvalue weighted by atomic mass is 10.1. The number of alkyl halides is 6.